The van der Waals surface area contributed by atoms with E-state index in [1.54, 1.807) is 12.4 Å². The Morgan fingerprint density at radius 3 is 2.71 bits per heavy atom. The standard InChI is InChI=1S/C14H22N2O3S2/c1-16(12-4-6-19-7-5-12)21(17,18)14-8-13(20-10-14)9-15-11-2-3-11/h8,10-12,15H,2-7,9H2,1H3. The third-order valence-electron chi connectivity index (χ3n) is 4.15. The van der Waals surface area contributed by atoms with Crippen LogP contribution in [0.15, 0.2) is 16.3 Å². The van der Waals surface area contributed by atoms with Gasteiger partial charge in [-0.05, 0) is 31.7 Å². The summed E-state index contributed by atoms with van der Waals surface area (Å²) in [4.78, 5) is 1.51. The molecule has 0 amide bonds. The highest BCUT2D eigenvalue weighted by atomic mass is 32.2. The van der Waals surface area contributed by atoms with E-state index in [2.05, 4.69) is 5.32 Å². The Hall–Kier alpha value is -0.470. The summed E-state index contributed by atoms with van der Waals surface area (Å²) in [5.74, 6) is 0. The quantitative estimate of drug-likeness (QED) is 0.864. The summed E-state index contributed by atoms with van der Waals surface area (Å²) < 4.78 is 32.2. The lowest BCUT2D eigenvalue weighted by Crippen LogP contribution is -2.40. The van der Waals surface area contributed by atoms with Crippen molar-refractivity contribution in [2.45, 2.75) is 49.2 Å². The summed E-state index contributed by atoms with van der Waals surface area (Å²) in [7, 11) is -1.69. The van der Waals surface area contributed by atoms with E-state index < -0.39 is 10.0 Å². The van der Waals surface area contributed by atoms with Gasteiger partial charge in [-0.3, -0.25) is 0 Å². The van der Waals surface area contributed by atoms with Crippen molar-refractivity contribution in [1.82, 2.24) is 9.62 Å². The maximum Gasteiger partial charge on any atom is 0.243 e. The Bertz CT molecular complexity index is 575. The first-order valence-electron chi connectivity index (χ1n) is 7.44. The van der Waals surface area contributed by atoms with Crippen LogP contribution in [0.3, 0.4) is 0 Å². The van der Waals surface area contributed by atoms with Crippen LogP contribution in [-0.2, 0) is 21.3 Å². The maximum atomic E-state index is 12.7. The molecule has 3 rings (SSSR count). The van der Waals surface area contributed by atoms with Crippen LogP contribution in [0.4, 0.5) is 0 Å². The highest BCUT2D eigenvalue weighted by Crippen LogP contribution is 2.26. The zero-order valence-electron chi connectivity index (χ0n) is 12.2. The lowest BCUT2D eigenvalue weighted by Gasteiger charge is -2.30. The predicted molar refractivity (Wildman–Crippen MR) is 83.0 cm³/mol. The molecule has 1 saturated heterocycles. The summed E-state index contributed by atoms with van der Waals surface area (Å²) in [5.41, 5.74) is 0. The fourth-order valence-corrected chi connectivity index (χ4v) is 5.16. The molecule has 21 heavy (non-hydrogen) atoms. The molecule has 0 atom stereocenters. The first-order chi connectivity index (χ1) is 10.1. The maximum absolute atomic E-state index is 12.7. The first kappa shape index (κ1) is 15.4. The van der Waals surface area contributed by atoms with Crippen molar-refractivity contribution in [2.75, 3.05) is 20.3 Å². The van der Waals surface area contributed by atoms with Gasteiger partial charge in [-0.15, -0.1) is 11.3 Å². The largest absolute Gasteiger partial charge is 0.381 e. The molecule has 1 saturated carbocycles. The zero-order valence-corrected chi connectivity index (χ0v) is 13.9. The van der Waals surface area contributed by atoms with Crippen molar-refractivity contribution in [3.63, 3.8) is 0 Å². The normalized spacial score (nSPS) is 21.0. The Labute approximate surface area is 130 Å². The van der Waals surface area contributed by atoms with Gasteiger partial charge in [0.15, 0.2) is 0 Å². The molecule has 0 bridgehead atoms. The molecule has 1 aromatic rings. The molecule has 7 heteroatoms. The molecule has 1 aromatic heterocycles. The Morgan fingerprint density at radius 2 is 2.05 bits per heavy atom. The van der Waals surface area contributed by atoms with E-state index in [0.717, 1.165) is 24.3 Å². The third kappa shape index (κ3) is 3.65. The predicted octanol–water partition coefficient (Wildman–Crippen LogP) is 1.80. The topological polar surface area (TPSA) is 58.6 Å². The molecular formula is C14H22N2O3S2. The molecule has 0 radical (unpaired) electrons. The molecule has 2 fully saturated rings. The van der Waals surface area contributed by atoms with Crippen LogP contribution in [0.5, 0.6) is 0 Å². The smallest absolute Gasteiger partial charge is 0.243 e. The monoisotopic (exact) mass is 330 g/mol. The summed E-state index contributed by atoms with van der Waals surface area (Å²) in [5, 5.41) is 5.17. The second-order valence-electron chi connectivity index (χ2n) is 5.77. The van der Waals surface area contributed by atoms with Crippen molar-refractivity contribution in [3.8, 4) is 0 Å². The van der Waals surface area contributed by atoms with Crippen LogP contribution in [0, 0.1) is 0 Å². The number of sulfonamides is 1. The minimum atomic E-state index is -3.38. The number of nitrogens with one attached hydrogen (secondary N) is 1. The lowest BCUT2D eigenvalue weighted by molar-refractivity contribution is 0.0632. The lowest BCUT2D eigenvalue weighted by atomic mass is 10.1. The van der Waals surface area contributed by atoms with Crippen molar-refractivity contribution in [3.05, 3.63) is 16.3 Å². The summed E-state index contributed by atoms with van der Waals surface area (Å²) in [6, 6.07) is 2.50. The van der Waals surface area contributed by atoms with Crippen molar-refractivity contribution < 1.29 is 13.2 Å². The Balaban J connectivity index is 1.67. The minimum Gasteiger partial charge on any atom is -0.381 e. The second kappa shape index (κ2) is 6.34. The van der Waals surface area contributed by atoms with E-state index in [1.165, 1.54) is 28.5 Å². The average Bonchev–Trinajstić information content (AvgIpc) is 3.21. The van der Waals surface area contributed by atoms with Gasteiger partial charge in [0.05, 0.1) is 4.90 Å². The minimum absolute atomic E-state index is 0.0525. The zero-order chi connectivity index (χ0) is 14.9. The van der Waals surface area contributed by atoms with Crippen LogP contribution in [0.25, 0.3) is 0 Å². The number of nitrogens with zero attached hydrogens (tertiary/aromatic N) is 1. The van der Waals surface area contributed by atoms with Gasteiger partial charge in [0.2, 0.25) is 10.0 Å². The van der Waals surface area contributed by atoms with E-state index in [9.17, 15) is 8.42 Å². The molecule has 118 valence electrons. The number of thiophene rings is 1. The SMILES string of the molecule is CN(C1CCOCC1)S(=O)(=O)c1csc(CNC2CC2)c1. The van der Waals surface area contributed by atoms with E-state index >= 15 is 0 Å². The molecule has 0 spiro atoms. The molecule has 0 unspecified atom stereocenters. The van der Waals surface area contributed by atoms with Gasteiger partial charge >= 0.3 is 0 Å². The van der Waals surface area contributed by atoms with E-state index in [1.807, 2.05) is 6.07 Å². The van der Waals surface area contributed by atoms with Gasteiger partial charge < -0.3 is 10.1 Å². The van der Waals surface area contributed by atoms with Gasteiger partial charge in [0.1, 0.15) is 0 Å². The molecule has 1 N–H and O–H groups in total. The molecular weight excluding hydrogens is 308 g/mol. The number of hydrogen-bond donors (Lipinski definition) is 1. The summed E-state index contributed by atoms with van der Waals surface area (Å²) in [6.45, 7) is 2.06. The van der Waals surface area contributed by atoms with E-state index in [-0.39, 0.29) is 6.04 Å². The van der Waals surface area contributed by atoms with Crippen LogP contribution in [0.1, 0.15) is 30.6 Å². The van der Waals surface area contributed by atoms with Gasteiger partial charge in [0.25, 0.3) is 0 Å². The molecule has 0 aromatic carbocycles. The highest BCUT2D eigenvalue weighted by molar-refractivity contribution is 7.89. The summed E-state index contributed by atoms with van der Waals surface area (Å²) in [6.07, 6.45) is 4.03. The molecule has 5 nitrogen and oxygen atoms in total. The van der Waals surface area contributed by atoms with Crippen molar-refractivity contribution >= 4 is 21.4 Å². The van der Waals surface area contributed by atoms with Gasteiger partial charge in [-0.25, -0.2) is 8.42 Å². The molecule has 1 aliphatic heterocycles. The van der Waals surface area contributed by atoms with Crippen molar-refractivity contribution in [2.24, 2.45) is 0 Å². The van der Waals surface area contributed by atoms with Crippen LogP contribution < -0.4 is 5.32 Å². The van der Waals surface area contributed by atoms with E-state index in [0.29, 0.717) is 24.2 Å². The Morgan fingerprint density at radius 1 is 1.33 bits per heavy atom. The summed E-state index contributed by atoms with van der Waals surface area (Å²) >= 11 is 1.52. The fraction of sp³-hybridized carbons (Fsp3) is 0.714. The van der Waals surface area contributed by atoms with Crippen molar-refractivity contribution in [1.29, 1.82) is 0 Å². The Kier molecular flexibility index (Phi) is 4.66. The second-order valence-corrected chi connectivity index (χ2v) is 8.76. The van der Waals surface area contributed by atoms with Crippen LogP contribution in [0.2, 0.25) is 0 Å². The average molecular weight is 330 g/mol. The fourth-order valence-electron chi connectivity index (χ4n) is 2.53. The highest BCUT2D eigenvalue weighted by Gasteiger charge is 2.30. The molecule has 2 aliphatic rings. The van der Waals surface area contributed by atoms with Gasteiger partial charge in [0, 0.05) is 49.1 Å². The number of ether oxygens (including phenoxy) is 1. The van der Waals surface area contributed by atoms with Crippen LogP contribution in [-0.4, -0.2) is 45.1 Å². The van der Waals surface area contributed by atoms with Gasteiger partial charge in [-0.2, -0.15) is 4.31 Å². The molecule has 2 heterocycles. The van der Waals surface area contributed by atoms with Gasteiger partial charge in [-0.1, -0.05) is 0 Å². The first-order valence-corrected chi connectivity index (χ1v) is 9.76. The third-order valence-corrected chi connectivity index (χ3v) is 7.13. The number of hydrogen-bond acceptors (Lipinski definition) is 5. The molecule has 1 aliphatic carbocycles. The van der Waals surface area contributed by atoms with Crippen LogP contribution >= 0.6 is 11.3 Å². The van der Waals surface area contributed by atoms with E-state index in [4.69, 9.17) is 4.74 Å². The number of rotatable bonds is 6.